The lowest BCUT2D eigenvalue weighted by molar-refractivity contribution is -0.0660. The van der Waals surface area contributed by atoms with E-state index in [-0.39, 0.29) is 5.54 Å². The zero-order valence-corrected chi connectivity index (χ0v) is 10.0. The Kier molecular flexibility index (Phi) is 3.33. The fourth-order valence-corrected chi connectivity index (χ4v) is 3.16. The maximum atomic E-state index is 6.07. The Balaban J connectivity index is 2.14. The summed E-state index contributed by atoms with van der Waals surface area (Å²) in [5.74, 6) is 0.841. The first-order valence-electron chi connectivity index (χ1n) is 6.29. The van der Waals surface area contributed by atoms with Gasteiger partial charge in [0.05, 0.1) is 13.2 Å². The lowest BCUT2D eigenvalue weighted by Crippen LogP contribution is -2.62. The number of hydrogen-bond donors (Lipinski definition) is 1. The van der Waals surface area contributed by atoms with Gasteiger partial charge in [0.2, 0.25) is 0 Å². The van der Waals surface area contributed by atoms with Gasteiger partial charge >= 0.3 is 0 Å². The van der Waals surface area contributed by atoms with Crippen molar-refractivity contribution in [3.63, 3.8) is 0 Å². The van der Waals surface area contributed by atoms with E-state index in [0.29, 0.717) is 6.04 Å². The highest BCUT2D eigenvalue weighted by Crippen LogP contribution is 2.45. The zero-order chi connectivity index (χ0) is 10.9. The topological polar surface area (TPSA) is 38.5 Å². The molecule has 88 valence electrons. The van der Waals surface area contributed by atoms with E-state index in [4.69, 9.17) is 10.5 Å². The molecular formula is C12H24N2O. The quantitative estimate of drug-likeness (QED) is 0.761. The molecule has 0 aromatic heterocycles. The molecule has 2 aliphatic rings. The van der Waals surface area contributed by atoms with Gasteiger partial charge in [0.1, 0.15) is 0 Å². The van der Waals surface area contributed by atoms with Crippen molar-refractivity contribution in [1.82, 2.24) is 4.90 Å². The molecule has 0 aromatic rings. The minimum Gasteiger partial charge on any atom is -0.379 e. The second kappa shape index (κ2) is 4.40. The van der Waals surface area contributed by atoms with Crippen LogP contribution in [0.25, 0.3) is 0 Å². The number of hydrogen-bond acceptors (Lipinski definition) is 3. The monoisotopic (exact) mass is 212 g/mol. The molecule has 2 atom stereocenters. The van der Waals surface area contributed by atoms with E-state index in [0.717, 1.165) is 32.2 Å². The maximum Gasteiger partial charge on any atom is 0.0620 e. The zero-order valence-electron chi connectivity index (χ0n) is 10.0. The molecule has 15 heavy (non-hydrogen) atoms. The van der Waals surface area contributed by atoms with Crippen molar-refractivity contribution in [3.05, 3.63) is 0 Å². The molecule has 1 heterocycles. The number of nitrogens with zero attached hydrogens (tertiary/aromatic N) is 1. The van der Waals surface area contributed by atoms with Gasteiger partial charge < -0.3 is 10.5 Å². The smallest absolute Gasteiger partial charge is 0.0620 e. The average molecular weight is 212 g/mol. The summed E-state index contributed by atoms with van der Waals surface area (Å²) < 4.78 is 5.51. The molecule has 2 N–H and O–H groups in total. The summed E-state index contributed by atoms with van der Waals surface area (Å²) in [4.78, 5) is 2.62. The van der Waals surface area contributed by atoms with Crippen LogP contribution in [0.3, 0.4) is 0 Å². The van der Waals surface area contributed by atoms with Gasteiger partial charge in [-0.05, 0) is 32.1 Å². The lowest BCUT2D eigenvalue weighted by Gasteiger charge is -2.48. The predicted molar refractivity (Wildman–Crippen MR) is 61.8 cm³/mol. The second-order valence-electron chi connectivity index (χ2n) is 5.05. The lowest BCUT2D eigenvalue weighted by atomic mass is 9.86. The second-order valence-corrected chi connectivity index (χ2v) is 5.05. The van der Waals surface area contributed by atoms with Gasteiger partial charge in [-0.3, -0.25) is 4.90 Å². The summed E-state index contributed by atoms with van der Waals surface area (Å²) in [7, 11) is 0. The number of rotatable bonds is 4. The van der Waals surface area contributed by atoms with E-state index in [2.05, 4.69) is 18.7 Å². The number of ether oxygens (including phenoxy) is 1. The minimum absolute atomic E-state index is 0.267. The first kappa shape index (κ1) is 11.4. The third-order valence-corrected chi connectivity index (χ3v) is 4.24. The molecule has 0 radical (unpaired) electrons. The standard InChI is InChI=1S/C12H24N2O/c1-3-12(9-13,11-4-5-11)14-6-7-15-8-10(14)2/h10-11H,3-9,13H2,1-2H3. The Hall–Kier alpha value is -0.120. The van der Waals surface area contributed by atoms with Crippen LogP contribution in [0.15, 0.2) is 0 Å². The number of morpholine rings is 1. The largest absolute Gasteiger partial charge is 0.379 e. The molecule has 1 saturated carbocycles. The van der Waals surface area contributed by atoms with Crippen molar-refractivity contribution >= 4 is 0 Å². The third-order valence-electron chi connectivity index (χ3n) is 4.24. The first-order valence-corrected chi connectivity index (χ1v) is 6.29. The van der Waals surface area contributed by atoms with Gasteiger partial charge in [0.15, 0.2) is 0 Å². The fourth-order valence-electron chi connectivity index (χ4n) is 3.16. The molecule has 2 unspecified atom stereocenters. The van der Waals surface area contributed by atoms with Crippen LogP contribution in [0.2, 0.25) is 0 Å². The van der Waals surface area contributed by atoms with E-state index in [1.54, 1.807) is 0 Å². The van der Waals surface area contributed by atoms with Crippen LogP contribution < -0.4 is 5.73 Å². The van der Waals surface area contributed by atoms with Crippen molar-refractivity contribution in [2.45, 2.75) is 44.7 Å². The summed E-state index contributed by atoms with van der Waals surface area (Å²) in [5, 5.41) is 0. The van der Waals surface area contributed by atoms with Crippen LogP contribution in [-0.2, 0) is 4.74 Å². The molecular weight excluding hydrogens is 188 g/mol. The van der Waals surface area contributed by atoms with Crippen molar-refractivity contribution in [1.29, 1.82) is 0 Å². The van der Waals surface area contributed by atoms with Gasteiger partial charge in [-0.25, -0.2) is 0 Å². The first-order chi connectivity index (χ1) is 7.24. The molecule has 0 bridgehead atoms. The van der Waals surface area contributed by atoms with Crippen LogP contribution in [0.1, 0.15) is 33.1 Å². The SMILES string of the molecule is CCC(CN)(C1CC1)N1CCOCC1C. The van der Waals surface area contributed by atoms with Crippen LogP contribution in [0, 0.1) is 5.92 Å². The summed E-state index contributed by atoms with van der Waals surface area (Å²) in [6.45, 7) is 8.16. The van der Waals surface area contributed by atoms with Crippen molar-refractivity contribution in [3.8, 4) is 0 Å². The minimum atomic E-state index is 0.267. The summed E-state index contributed by atoms with van der Waals surface area (Å²) in [6.07, 6.45) is 3.92. The van der Waals surface area contributed by atoms with Crippen molar-refractivity contribution < 1.29 is 4.74 Å². The van der Waals surface area contributed by atoms with Gasteiger partial charge in [-0.2, -0.15) is 0 Å². The summed E-state index contributed by atoms with van der Waals surface area (Å²) in [5.41, 5.74) is 6.34. The molecule has 2 rings (SSSR count). The van der Waals surface area contributed by atoms with Gasteiger partial charge in [-0.15, -0.1) is 0 Å². The van der Waals surface area contributed by atoms with E-state index < -0.39 is 0 Å². The van der Waals surface area contributed by atoms with Gasteiger partial charge in [-0.1, -0.05) is 6.92 Å². The Bertz CT molecular complexity index is 212. The molecule has 1 aliphatic heterocycles. The molecule has 2 fully saturated rings. The molecule has 0 aromatic carbocycles. The molecule has 1 saturated heterocycles. The van der Waals surface area contributed by atoms with Crippen molar-refractivity contribution in [2.75, 3.05) is 26.3 Å². The maximum absolute atomic E-state index is 6.07. The molecule has 1 aliphatic carbocycles. The molecule has 0 spiro atoms. The number of nitrogens with two attached hydrogens (primary N) is 1. The van der Waals surface area contributed by atoms with Crippen LogP contribution in [0.4, 0.5) is 0 Å². The molecule has 3 heteroatoms. The Morgan fingerprint density at radius 3 is 2.67 bits per heavy atom. The summed E-state index contributed by atoms with van der Waals surface area (Å²) >= 11 is 0. The Morgan fingerprint density at radius 1 is 1.47 bits per heavy atom. The molecule has 0 amide bonds. The predicted octanol–water partition coefficient (Wildman–Crippen LogP) is 1.22. The third kappa shape index (κ3) is 1.93. The highest BCUT2D eigenvalue weighted by atomic mass is 16.5. The van der Waals surface area contributed by atoms with E-state index in [9.17, 15) is 0 Å². The summed E-state index contributed by atoms with van der Waals surface area (Å²) in [6, 6.07) is 0.530. The van der Waals surface area contributed by atoms with E-state index in [1.165, 1.54) is 19.3 Å². The van der Waals surface area contributed by atoms with Gasteiger partial charge in [0.25, 0.3) is 0 Å². The highest BCUT2D eigenvalue weighted by Gasteiger charge is 2.48. The highest BCUT2D eigenvalue weighted by molar-refractivity contribution is 5.04. The fraction of sp³-hybridized carbons (Fsp3) is 1.00. The van der Waals surface area contributed by atoms with E-state index in [1.807, 2.05) is 0 Å². The average Bonchev–Trinajstić information content (AvgIpc) is 3.07. The van der Waals surface area contributed by atoms with Gasteiger partial charge in [0, 0.05) is 24.7 Å². The van der Waals surface area contributed by atoms with E-state index >= 15 is 0 Å². The van der Waals surface area contributed by atoms with Crippen LogP contribution in [0.5, 0.6) is 0 Å². The Morgan fingerprint density at radius 2 is 2.20 bits per heavy atom. The van der Waals surface area contributed by atoms with Crippen LogP contribution >= 0.6 is 0 Å². The Labute approximate surface area is 93.0 Å². The van der Waals surface area contributed by atoms with Crippen molar-refractivity contribution in [2.24, 2.45) is 11.7 Å². The van der Waals surface area contributed by atoms with Crippen LogP contribution in [-0.4, -0.2) is 42.8 Å². The molecule has 3 nitrogen and oxygen atoms in total. The normalized spacial score (nSPS) is 32.6.